The number of benzene rings is 1. The van der Waals surface area contributed by atoms with Crippen molar-refractivity contribution < 1.29 is 9.90 Å². The normalized spacial score (nSPS) is 16.8. The third-order valence-electron chi connectivity index (χ3n) is 3.52. The summed E-state index contributed by atoms with van der Waals surface area (Å²) in [5.41, 5.74) is 1.25. The Balaban J connectivity index is 1.90. The second-order valence-electron chi connectivity index (χ2n) is 4.69. The van der Waals surface area contributed by atoms with E-state index in [1.54, 1.807) is 12.1 Å². The van der Waals surface area contributed by atoms with Crippen LogP contribution >= 0.6 is 11.6 Å². The second kappa shape index (κ2) is 6.10. The predicted molar refractivity (Wildman–Crippen MR) is 72.0 cm³/mol. The maximum atomic E-state index is 11.7. The summed E-state index contributed by atoms with van der Waals surface area (Å²) in [6, 6.07) is 7.38. The first-order chi connectivity index (χ1) is 8.70. The Hall–Kier alpha value is -1.22. The number of halogens is 1. The van der Waals surface area contributed by atoms with Gasteiger partial charge < -0.3 is 10.0 Å². The van der Waals surface area contributed by atoms with Gasteiger partial charge in [0.25, 0.3) is 0 Å². The van der Waals surface area contributed by atoms with Gasteiger partial charge in [-0.3, -0.25) is 4.79 Å². The number of rotatable bonds is 3. The fraction of sp³-hybridized carbons (Fsp3) is 0.500. The lowest BCUT2D eigenvalue weighted by molar-refractivity contribution is -0.131. The van der Waals surface area contributed by atoms with E-state index in [0.717, 1.165) is 25.9 Å². The van der Waals surface area contributed by atoms with E-state index in [1.165, 1.54) is 5.56 Å². The first-order valence-corrected chi connectivity index (χ1v) is 6.87. The average Bonchev–Trinajstić information content (AvgIpc) is 2.40. The van der Waals surface area contributed by atoms with Crippen LogP contribution in [0.1, 0.15) is 30.7 Å². The number of hydrogen-bond acceptors (Lipinski definition) is 2. The minimum absolute atomic E-state index is 0.161. The molecule has 1 fully saturated rings. The van der Waals surface area contributed by atoms with Gasteiger partial charge in [-0.25, -0.2) is 0 Å². The van der Waals surface area contributed by atoms with Crippen LogP contribution in [0.2, 0.25) is 0 Å². The minimum Gasteiger partial charge on any atom is -0.508 e. The van der Waals surface area contributed by atoms with E-state index < -0.39 is 0 Å². The molecule has 2 rings (SSSR count). The first kappa shape index (κ1) is 13.2. The Labute approximate surface area is 112 Å². The van der Waals surface area contributed by atoms with Gasteiger partial charge in [0.1, 0.15) is 5.75 Å². The van der Waals surface area contributed by atoms with E-state index in [9.17, 15) is 9.90 Å². The molecule has 0 atom stereocenters. The molecule has 1 aliphatic heterocycles. The smallest absolute Gasteiger partial charge is 0.223 e. The molecule has 1 heterocycles. The van der Waals surface area contributed by atoms with Gasteiger partial charge in [0.05, 0.1) is 0 Å². The maximum absolute atomic E-state index is 11.7. The van der Waals surface area contributed by atoms with Gasteiger partial charge in [0.15, 0.2) is 0 Å². The highest BCUT2D eigenvalue weighted by Gasteiger charge is 2.23. The number of nitrogens with zero attached hydrogens (tertiary/aromatic N) is 1. The van der Waals surface area contributed by atoms with E-state index >= 15 is 0 Å². The third-order valence-corrected chi connectivity index (χ3v) is 3.71. The molecule has 4 heteroatoms. The number of phenols is 1. The zero-order valence-corrected chi connectivity index (χ0v) is 11.1. The van der Waals surface area contributed by atoms with Crippen LogP contribution in [0.3, 0.4) is 0 Å². The molecule has 1 aromatic rings. The molecule has 1 amide bonds. The summed E-state index contributed by atoms with van der Waals surface area (Å²) in [6.07, 6.45) is 2.41. The molecule has 1 aliphatic rings. The molecule has 0 bridgehead atoms. The van der Waals surface area contributed by atoms with Gasteiger partial charge in [0, 0.05) is 25.4 Å². The van der Waals surface area contributed by atoms with Crippen molar-refractivity contribution in [2.45, 2.75) is 25.2 Å². The van der Waals surface area contributed by atoms with Crippen molar-refractivity contribution in [3.63, 3.8) is 0 Å². The van der Waals surface area contributed by atoms with Crippen LogP contribution < -0.4 is 0 Å². The number of likely N-dealkylation sites (tertiary alicyclic amines) is 1. The number of piperidine rings is 1. The number of amides is 1. The Morgan fingerprint density at radius 1 is 1.28 bits per heavy atom. The molecule has 0 radical (unpaired) electrons. The van der Waals surface area contributed by atoms with Gasteiger partial charge in [-0.05, 0) is 36.5 Å². The highest BCUT2D eigenvalue weighted by molar-refractivity contribution is 6.18. The molecule has 0 spiro atoms. The van der Waals surface area contributed by atoms with Crippen molar-refractivity contribution in [1.82, 2.24) is 4.90 Å². The third kappa shape index (κ3) is 3.16. The van der Waals surface area contributed by atoms with Crippen LogP contribution in [0, 0.1) is 0 Å². The van der Waals surface area contributed by atoms with Gasteiger partial charge >= 0.3 is 0 Å². The van der Waals surface area contributed by atoms with Crippen LogP contribution in [0.25, 0.3) is 0 Å². The summed E-state index contributed by atoms with van der Waals surface area (Å²) >= 11 is 5.58. The van der Waals surface area contributed by atoms with Crippen molar-refractivity contribution in [2.24, 2.45) is 0 Å². The summed E-state index contributed by atoms with van der Waals surface area (Å²) in [6.45, 7) is 1.61. The monoisotopic (exact) mass is 267 g/mol. The van der Waals surface area contributed by atoms with E-state index in [-0.39, 0.29) is 5.91 Å². The quantitative estimate of drug-likeness (QED) is 0.856. The second-order valence-corrected chi connectivity index (χ2v) is 5.06. The van der Waals surface area contributed by atoms with Gasteiger partial charge in [-0.2, -0.15) is 0 Å². The zero-order valence-electron chi connectivity index (χ0n) is 10.3. The number of phenolic OH excluding ortho intramolecular Hbond substituents is 1. The summed E-state index contributed by atoms with van der Waals surface area (Å²) < 4.78 is 0. The van der Waals surface area contributed by atoms with E-state index in [2.05, 4.69) is 0 Å². The fourth-order valence-electron chi connectivity index (χ4n) is 2.45. The fourth-order valence-corrected chi connectivity index (χ4v) is 2.61. The van der Waals surface area contributed by atoms with Crippen LogP contribution in [0.4, 0.5) is 0 Å². The Morgan fingerprint density at radius 3 is 2.44 bits per heavy atom. The van der Waals surface area contributed by atoms with E-state index in [4.69, 9.17) is 11.6 Å². The standard InChI is InChI=1S/C14H18ClNO2/c15-8-5-14(18)16-9-6-12(7-10-16)11-1-3-13(17)4-2-11/h1-4,12,17H,5-10H2. The van der Waals surface area contributed by atoms with Crippen LogP contribution in [-0.2, 0) is 4.79 Å². The van der Waals surface area contributed by atoms with Crippen molar-refractivity contribution in [3.8, 4) is 5.75 Å². The number of carbonyl (C=O) groups excluding carboxylic acids is 1. The van der Waals surface area contributed by atoms with E-state index in [0.29, 0.717) is 24.0 Å². The molecule has 0 saturated carbocycles. The maximum Gasteiger partial charge on any atom is 0.223 e. The molecule has 0 aliphatic carbocycles. The van der Waals surface area contributed by atoms with E-state index in [1.807, 2.05) is 17.0 Å². The zero-order chi connectivity index (χ0) is 13.0. The van der Waals surface area contributed by atoms with Crippen LogP contribution in [-0.4, -0.2) is 34.9 Å². The van der Waals surface area contributed by atoms with Crippen molar-refractivity contribution >= 4 is 17.5 Å². The molecule has 18 heavy (non-hydrogen) atoms. The highest BCUT2D eigenvalue weighted by atomic mass is 35.5. The Kier molecular flexibility index (Phi) is 4.48. The molecule has 1 N–H and O–H groups in total. The minimum atomic E-state index is 0.161. The molecule has 0 aromatic heterocycles. The Bertz CT molecular complexity index is 397. The molecule has 1 saturated heterocycles. The largest absolute Gasteiger partial charge is 0.508 e. The highest BCUT2D eigenvalue weighted by Crippen LogP contribution is 2.29. The number of alkyl halides is 1. The molecule has 3 nitrogen and oxygen atoms in total. The molecule has 98 valence electrons. The molecular weight excluding hydrogens is 250 g/mol. The first-order valence-electron chi connectivity index (χ1n) is 6.33. The van der Waals surface area contributed by atoms with Crippen LogP contribution in [0.5, 0.6) is 5.75 Å². The van der Waals surface area contributed by atoms with Crippen molar-refractivity contribution in [1.29, 1.82) is 0 Å². The number of carbonyl (C=O) groups is 1. The van der Waals surface area contributed by atoms with Crippen LogP contribution in [0.15, 0.2) is 24.3 Å². The molecule has 1 aromatic carbocycles. The summed E-state index contributed by atoms with van der Waals surface area (Å²) in [7, 11) is 0. The topological polar surface area (TPSA) is 40.5 Å². The lowest BCUT2D eigenvalue weighted by Gasteiger charge is -2.32. The predicted octanol–water partition coefficient (Wildman–Crippen LogP) is 2.73. The molecule has 0 unspecified atom stereocenters. The lowest BCUT2D eigenvalue weighted by Crippen LogP contribution is -2.37. The number of aromatic hydroxyl groups is 1. The number of hydrogen-bond donors (Lipinski definition) is 1. The summed E-state index contributed by atoms with van der Waals surface area (Å²) in [4.78, 5) is 13.6. The van der Waals surface area contributed by atoms with Gasteiger partial charge in [-0.15, -0.1) is 11.6 Å². The van der Waals surface area contributed by atoms with Crippen molar-refractivity contribution in [3.05, 3.63) is 29.8 Å². The summed E-state index contributed by atoms with van der Waals surface area (Å²) in [5.74, 6) is 1.35. The lowest BCUT2D eigenvalue weighted by atomic mass is 9.89. The average molecular weight is 268 g/mol. The Morgan fingerprint density at radius 2 is 1.89 bits per heavy atom. The van der Waals surface area contributed by atoms with Crippen molar-refractivity contribution in [2.75, 3.05) is 19.0 Å². The van der Waals surface area contributed by atoms with Gasteiger partial charge in [0.2, 0.25) is 5.91 Å². The summed E-state index contributed by atoms with van der Waals surface area (Å²) in [5, 5.41) is 9.26. The molecular formula is C14H18ClNO2. The SMILES string of the molecule is O=C(CCCl)N1CCC(c2ccc(O)cc2)CC1. The van der Waals surface area contributed by atoms with Gasteiger partial charge in [-0.1, -0.05) is 12.1 Å².